The zero-order chi connectivity index (χ0) is 26.6. The molecule has 198 valence electrons. The molecule has 4 nitrogen and oxygen atoms in total. The molecule has 0 aliphatic rings. The van der Waals surface area contributed by atoms with Crippen molar-refractivity contribution in [3.8, 4) is 11.5 Å². The van der Waals surface area contributed by atoms with Crippen LogP contribution in [-0.4, -0.2) is 64.3 Å². The molecule has 37 heavy (non-hydrogen) atoms. The van der Waals surface area contributed by atoms with Crippen LogP contribution in [0.1, 0.15) is 36.5 Å². The van der Waals surface area contributed by atoms with Gasteiger partial charge in [-0.1, -0.05) is 53.6 Å². The van der Waals surface area contributed by atoms with Crippen LogP contribution in [0.3, 0.4) is 0 Å². The van der Waals surface area contributed by atoms with E-state index >= 15 is 0 Å². The number of rotatable bonds is 14. The first kappa shape index (κ1) is 28.8. The van der Waals surface area contributed by atoms with Crippen molar-refractivity contribution in [2.24, 2.45) is 0 Å². The fourth-order valence-corrected chi connectivity index (χ4v) is 4.36. The molecule has 0 aliphatic carbocycles. The second-order valence-corrected chi connectivity index (χ2v) is 10.5. The van der Waals surface area contributed by atoms with Gasteiger partial charge in [0, 0.05) is 18.1 Å². The molecule has 0 unspecified atom stereocenters. The number of benzene rings is 3. The minimum Gasteiger partial charge on any atom is -0.494 e. The number of ether oxygens (including phenoxy) is 2. The van der Waals surface area contributed by atoms with Gasteiger partial charge in [0.15, 0.2) is 0 Å². The molecule has 0 atom stereocenters. The Labute approximate surface area is 228 Å². The Balaban J connectivity index is 1.80. The van der Waals surface area contributed by atoms with Gasteiger partial charge in [-0.3, -0.25) is 0 Å². The Bertz CT molecular complexity index is 1040. The molecular formula is C32H41ClN2O2. The van der Waals surface area contributed by atoms with Gasteiger partial charge in [0.1, 0.15) is 11.5 Å². The molecule has 0 amide bonds. The van der Waals surface area contributed by atoms with Crippen molar-refractivity contribution in [1.82, 2.24) is 9.80 Å². The van der Waals surface area contributed by atoms with Crippen molar-refractivity contribution in [1.29, 1.82) is 0 Å². The van der Waals surface area contributed by atoms with Crippen LogP contribution >= 0.6 is 11.6 Å². The number of nitrogens with zero attached hydrogens (tertiary/aromatic N) is 2. The molecular weight excluding hydrogens is 480 g/mol. The van der Waals surface area contributed by atoms with Gasteiger partial charge < -0.3 is 19.3 Å². The third kappa shape index (κ3) is 9.88. The zero-order valence-electron chi connectivity index (χ0n) is 23.0. The molecule has 0 saturated heterocycles. The summed E-state index contributed by atoms with van der Waals surface area (Å²) in [5.41, 5.74) is 6.11. The monoisotopic (exact) mass is 520 g/mol. The molecule has 3 aromatic carbocycles. The van der Waals surface area contributed by atoms with E-state index in [1.54, 1.807) is 0 Å². The first-order valence-electron chi connectivity index (χ1n) is 13.0. The van der Waals surface area contributed by atoms with Crippen LogP contribution in [0.15, 0.2) is 78.4 Å². The minimum atomic E-state index is 0.714. The molecule has 0 aliphatic heterocycles. The van der Waals surface area contributed by atoms with E-state index in [9.17, 15) is 0 Å². The van der Waals surface area contributed by atoms with Crippen LogP contribution < -0.4 is 9.47 Å². The van der Waals surface area contributed by atoms with Gasteiger partial charge in [0.2, 0.25) is 0 Å². The highest BCUT2D eigenvalue weighted by atomic mass is 35.5. The third-order valence-corrected chi connectivity index (χ3v) is 6.38. The van der Waals surface area contributed by atoms with Gasteiger partial charge in [-0.05, 0) is 113 Å². The standard InChI is InChI=1S/C32H41ClN2O2/c1-25(24-26-8-14-29(33)15-9-26)32(27-10-16-30(17-11-27)36-22-6-20-34(2)3)28-12-18-31(19-13-28)37-23-7-21-35(4)5/h8-19H,6-7,20-24H2,1-5H3. The normalized spacial score (nSPS) is 11.1. The number of halogens is 1. The van der Waals surface area contributed by atoms with E-state index < -0.39 is 0 Å². The fraction of sp³-hybridized carbons (Fsp3) is 0.375. The van der Waals surface area contributed by atoms with Gasteiger partial charge >= 0.3 is 0 Å². The molecule has 3 aromatic rings. The number of hydrogen-bond donors (Lipinski definition) is 0. The first-order valence-corrected chi connectivity index (χ1v) is 13.4. The third-order valence-electron chi connectivity index (χ3n) is 6.13. The lowest BCUT2D eigenvalue weighted by Crippen LogP contribution is -2.15. The van der Waals surface area contributed by atoms with E-state index in [2.05, 4.69) is 106 Å². The summed E-state index contributed by atoms with van der Waals surface area (Å²) in [6.07, 6.45) is 2.85. The van der Waals surface area contributed by atoms with E-state index in [0.717, 1.165) is 48.9 Å². The predicted molar refractivity (Wildman–Crippen MR) is 157 cm³/mol. The summed E-state index contributed by atoms with van der Waals surface area (Å²) in [5, 5.41) is 0.757. The van der Waals surface area contributed by atoms with Crippen molar-refractivity contribution < 1.29 is 9.47 Å². The lowest BCUT2D eigenvalue weighted by molar-refractivity contribution is 0.281. The van der Waals surface area contributed by atoms with Gasteiger partial charge in [-0.15, -0.1) is 0 Å². The highest BCUT2D eigenvalue weighted by molar-refractivity contribution is 6.30. The lowest BCUT2D eigenvalue weighted by Gasteiger charge is -2.16. The predicted octanol–water partition coefficient (Wildman–Crippen LogP) is 7.07. The van der Waals surface area contributed by atoms with Crippen molar-refractivity contribution in [3.63, 3.8) is 0 Å². The minimum absolute atomic E-state index is 0.714. The Morgan fingerprint density at radius 1 is 0.649 bits per heavy atom. The molecule has 0 radical (unpaired) electrons. The van der Waals surface area contributed by atoms with Crippen molar-refractivity contribution in [3.05, 3.63) is 100 Å². The molecule has 0 heterocycles. The molecule has 0 fully saturated rings. The largest absolute Gasteiger partial charge is 0.494 e. The van der Waals surface area contributed by atoms with Gasteiger partial charge in [-0.2, -0.15) is 0 Å². The van der Waals surface area contributed by atoms with Crippen LogP contribution in [0.4, 0.5) is 0 Å². The lowest BCUT2D eigenvalue weighted by atomic mass is 9.90. The van der Waals surface area contributed by atoms with Crippen molar-refractivity contribution in [2.75, 3.05) is 54.5 Å². The van der Waals surface area contributed by atoms with E-state index in [1.807, 2.05) is 12.1 Å². The Morgan fingerprint density at radius 3 is 1.49 bits per heavy atom. The molecule has 3 rings (SSSR count). The van der Waals surface area contributed by atoms with Gasteiger partial charge in [0.25, 0.3) is 0 Å². The van der Waals surface area contributed by atoms with Crippen LogP contribution in [0.5, 0.6) is 11.5 Å². The van der Waals surface area contributed by atoms with Gasteiger partial charge in [-0.25, -0.2) is 0 Å². The molecule has 0 spiro atoms. The summed E-state index contributed by atoms with van der Waals surface area (Å²) in [4.78, 5) is 4.35. The van der Waals surface area contributed by atoms with E-state index in [1.165, 1.54) is 27.8 Å². The highest BCUT2D eigenvalue weighted by Crippen LogP contribution is 2.31. The molecule has 0 N–H and O–H groups in total. The highest BCUT2D eigenvalue weighted by Gasteiger charge is 2.11. The van der Waals surface area contributed by atoms with Gasteiger partial charge in [0.05, 0.1) is 13.2 Å². The van der Waals surface area contributed by atoms with Crippen LogP contribution in [0, 0.1) is 0 Å². The summed E-state index contributed by atoms with van der Waals surface area (Å²) in [5.74, 6) is 1.80. The van der Waals surface area contributed by atoms with Crippen molar-refractivity contribution >= 4 is 17.2 Å². The SMILES string of the molecule is CC(Cc1ccc(Cl)cc1)=C(c1ccc(OCCCN(C)C)cc1)c1ccc(OCCCN(C)C)cc1. The summed E-state index contributed by atoms with van der Waals surface area (Å²) < 4.78 is 11.9. The maximum atomic E-state index is 6.11. The Kier molecular flexibility index (Phi) is 11.5. The average Bonchev–Trinajstić information content (AvgIpc) is 2.87. The van der Waals surface area contributed by atoms with Crippen LogP contribution in [-0.2, 0) is 6.42 Å². The summed E-state index contributed by atoms with van der Waals surface area (Å²) in [7, 11) is 8.33. The topological polar surface area (TPSA) is 24.9 Å². The summed E-state index contributed by atoms with van der Waals surface area (Å²) in [6.45, 7) is 5.67. The Morgan fingerprint density at radius 2 is 1.08 bits per heavy atom. The quantitative estimate of drug-likeness (QED) is 0.212. The molecule has 5 heteroatoms. The average molecular weight is 521 g/mol. The molecule has 0 saturated carbocycles. The van der Waals surface area contributed by atoms with Crippen LogP contribution in [0.2, 0.25) is 5.02 Å². The second-order valence-electron chi connectivity index (χ2n) is 10.0. The van der Waals surface area contributed by atoms with E-state index in [4.69, 9.17) is 21.1 Å². The fourth-order valence-electron chi connectivity index (χ4n) is 4.23. The van der Waals surface area contributed by atoms with E-state index in [0.29, 0.717) is 13.2 Å². The maximum absolute atomic E-state index is 6.11. The number of hydrogen-bond acceptors (Lipinski definition) is 4. The first-order chi connectivity index (χ1) is 17.8. The molecule has 0 aromatic heterocycles. The van der Waals surface area contributed by atoms with E-state index in [-0.39, 0.29) is 0 Å². The molecule has 0 bridgehead atoms. The second kappa shape index (κ2) is 14.8. The summed E-state index contributed by atoms with van der Waals surface area (Å²) >= 11 is 6.11. The smallest absolute Gasteiger partial charge is 0.119 e. The maximum Gasteiger partial charge on any atom is 0.119 e. The zero-order valence-corrected chi connectivity index (χ0v) is 23.7. The number of allylic oxidation sites excluding steroid dienone is 1. The summed E-state index contributed by atoms with van der Waals surface area (Å²) in [6, 6.07) is 25.0. The van der Waals surface area contributed by atoms with Crippen LogP contribution in [0.25, 0.3) is 5.57 Å². The Hall–Kier alpha value is -2.79. The van der Waals surface area contributed by atoms with Crippen molar-refractivity contribution in [2.45, 2.75) is 26.2 Å².